The van der Waals surface area contributed by atoms with Gasteiger partial charge in [0.15, 0.2) is 16.6 Å². The summed E-state index contributed by atoms with van der Waals surface area (Å²) in [6, 6.07) is 3.18. The minimum atomic E-state index is 0.0498. The summed E-state index contributed by atoms with van der Waals surface area (Å²) in [5, 5.41) is 13.4. The second-order valence-corrected chi connectivity index (χ2v) is 3.99. The van der Waals surface area contributed by atoms with Crippen LogP contribution < -0.4 is 15.9 Å². The van der Waals surface area contributed by atoms with Crippen LogP contribution in [0.25, 0.3) is 0 Å². The van der Waals surface area contributed by atoms with Gasteiger partial charge in [-0.05, 0) is 40.3 Å². The molecule has 0 unspecified atom stereocenters. The molecule has 86 valence electrons. The molecule has 0 radical (unpaired) electrons. The zero-order chi connectivity index (χ0) is 12.1. The van der Waals surface area contributed by atoms with Crippen molar-refractivity contribution in [2.24, 2.45) is 10.8 Å². The minimum Gasteiger partial charge on any atom is -0.504 e. The molecule has 1 rings (SSSR count). The average Bonchev–Trinajstić information content (AvgIpc) is 2.22. The number of rotatable bonds is 3. The van der Waals surface area contributed by atoms with Gasteiger partial charge in [-0.15, -0.1) is 0 Å². The number of hydrogen-bond acceptors (Lipinski definition) is 4. The number of methoxy groups -OCH3 is 1. The highest BCUT2D eigenvalue weighted by atomic mass is 79.9. The largest absolute Gasteiger partial charge is 0.504 e. The number of hydrazone groups is 1. The summed E-state index contributed by atoms with van der Waals surface area (Å²) in [6.45, 7) is 0. The second kappa shape index (κ2) is 5.66. The summed E-state index contributed by atoms with van der Waals surface area (Å²) in [4.78, 5) is 0. The van der Waals surface area contributed by atoms with Gasteiger partial charge in [-0.25, -0.2) is 0 Å². The van der Waals surface area contributed by atoms with Crippen molar-refractivity contribution in [3.8, 4) is 11.5 Å². The molecule has 0 amide bonds. The molecule has 5 nitrogen and oxygen atoms in total. The van der Waals surface area contributed by atoms with Crippen LogP contribution in [0.2, 0.25) is 0 Å². The van der Waals surface area contributed by atoms with E-state index in [1.165, 1.54) is 19.4 Å². The SMILES string of the molecule is COc1c(O)ccc(C=NNC(N)=S)c1Br. The highest BCUT2D eigenvalue weighted by Crippen LogP contribution is 2.35. The number of hydrogen-bond donors (Lipinski definition) is 3. The molecule has 16 heavy (non-hydrogen) atoms. The van der Waals surface area contributed by atoms with Gasteiger partial charge in [-0.3, -0.25) is 5.43 Å². The summed E-state index contributed by atoms with van der Waals surface area (Å²) in [6.07, 6.45) is 1.51. The zero-order valence-electron chi connectivity index (χ0n) is 8.40. The Labute approximate surface area is 106 Å². The van der Waals surface area contributed by atoms with Gasteiger partial charge in [-0.1, -0.05) is 0 Å². The third kappa shape index (κ3) is 3.07. The molecule has 0 aliphatic carbocycles. The number of phenols is 1. The van der Waals surface area contributed by atoms with Crippen molar-refractivity contribution < 1.29 is 9.84 Å². The van der Waals surface area contributed by atoms with Crippen molar-refractivity contribution in [2.45, 2.75) is 0 Å². The molecule has 0 aliphatic heterocycles. The van der Waals surface area contributed by atoms with E-state index in [4.69, 9.17) is 10.5 Å². The van der Waals surface area contributed by atoms with E-state index in [2.05, 4.69) is 38.7 Å². The van der Waals surface area contributed by atoms with E-state index in [1.807, 2.05) is 0 Å². The Balaban J connectivity index is 2.98. The Bertz CT molecular complexity index is 437. The number of benzene rings is 1. The number of ether oxygens (including phenoxy) is 1. The van der Waals surface area contributed by atoms with Crippen molar-refractivity contribution in [3.05, 3.63) is 22.2 Å². The smallest absolute Gasteiger partial charge is 0.184 e. The number of phenolic OH excluding ortho intramolecular Hbond substituents is 1. The first-order chi connectivity index (χ1) is 7.56. The van der Waals surface area contributed by atoms with Crippen LogP contribution in [-0.4, -0.2) is 23.5 Å². The quantitative estimate of drug-likeness (QED) is 0.446. The Hall–Kier alpha value is -1.34. The van der Waals surface area contributed by atoms with Crippen LogP contribution in [0, 0.1) is 0 Å². The number of nitrogens with two attached hydrogens (primary N) is 1. The van der Waals surface area contributed by atoms with Crippen molar-refractivity contribution in [3.63, 3.8) is 0 Å². The number of halogens is 1. The van der Waals surface area contributed by atoms with Crippen molar-refractivity contribution in [2.75, 3.05) is 7.11 Å². The monoisotopic (exact) mass is 303 g/mol. The van der Waals surface area contributed by atoms with Gasteiger partial charge >= 0.3 is 0 Å². The fraction of sp³-hybridized carbons (Fsp3) is 0.111. The molecular formula is C9H10BrN3O2S. The molecule has 1 aromatic rings. The van der Waals surface area contributed by atoms with Gasteiger partial charge in [0.05, 0.1) is 17.8 Å². The number of nitrogens with zero attached hydrogens (tertiary/aromatic N) is 1. The first kappa shape index (κ1) is 12.7. The maximum Gasteiger partial charge on any atom is 0.184 e. The highest BCUT2D eigenvalue weighted by Gasteiger charge is 2.09. The van der Waals surface area contributed by atoms with Crippen LogP contribution in [0.15, 0.2) is 21.7 Å². The fourth-order valence-electron chi connectivity index (χ4n) is 1.02. The van der Waals surface area contributed by atoms with Gasteiger partial charge in [-0.2, -0.15) is 5.10 Å². The molecule has 0 saturated heterocycles. The summed E-state index contributed by atoms with van der Waals surface area (Å²) in [5.74, 6) is 0.396. The number of thiocarbonyl (C=S) groups is 1. The molecule has 0 aliphatic rings. The minimum absolute atomic E-state index is 0.0498. The average molecular weight is 304 g/mol. The van der Waals surface area contributed by atoms with E-state index >= 15 is 0 Å². The van der Waals surface area contributed by atoms with E-state index in [0.717, 1.165) is 5.56 Å². The molecular weight excluding hydrogens is 294 g/mol. The van der Waals surface area contributed by atoms with Crippen LogP contribution in [0.1, 0.15) is 5.56 Å². The van der Waals surface area contributed by atoms with Crippen molar-refractivity contribution >= 4 is 39.5 Å². The Morgan fingerprint density at radius 1 is 1.69 bits per heavy atom. The first-order valence-electron chi connectivity index (χ1n) is 4.20. The normalized spacial score (nSPS) is 10.4. The van der Waals surface area contributed by atoms with Crippen LogP contribution in [0.5, 0.6) is 11.5 Å². The lowest BCUT2D eigenvalue weighted by atomic mass is 10.2. The molecule has 0 aromatic heterocycles. The molecule has 4 N–H and O–H groups in total. The Morgan fingerprint density at radius 2 is 2.38 bits per heavy atom. The lowest BCUT2D eigenvalue weighted by Crippen LogP contribution is -2.24. The third-order valence-corrected chi connectivity index (χ3v) is 2.60. The number of aromatic hydroxyl groups is 1. The predicted molar refractivity (Wildman–Crippen MR) is 69.9 cm³/mol. The standard InChI is InChI=1S/C9H10BrN3O2S/c1-15-8-6(14)3-2-5(7(8)10)4-12-13-9(11)16/h2-4,14H,1H3,(H3,11,13,16). The van der Waals surface area contributed by atoms with E-state index < -0.39 is 0 Å². The lowest BCUT2D eigenvalue weighted by molar-refractivity contribution is 0.371. The highest BCUT2D eigenvalue weighted by molar-refractivity contribution is 9.10. The summed E-state index contributed by atoms with van der Waals surface area (Å²) in [5.41, 5.74) is 8.35. The van der Waals surface area contributed by atoms with Gasteiger partial charge < -0.3 is 15.6 Å². The molecule has 0 atom stereocenters. The maximum absolute atomic E-state index is 9.47. The lowest BCUT2D eigenvalue weighted by Gasteiger charge is -2.07. The van der Waals surface area contributed by atoms with Gasteiger partial charge in [0.2, 0.25) is 0 Å². The molecule has 1 aromatic carbocycles. The predicted octanol–water partition coefficient (Wildman–Crippen LogP) is 1.33. The van der Waals surface area contributed by atoms with Gasteiger partial charge in [0.25, 0.3) is 0 Å². The molecule has 0 heterocycles. The van der Waals surface area contributed by atoms with E-state index in [0.29, 0.717) is 10.2 Å². The van der Waals surface area contributed by atoms with E-state index in [9.17, 15) is 5.11 Å². The molecule has 0 bridgehead atoms. The van der Waals surface area contributed by atoms with Crippen molar-refractivity contribution in [1.29, 1.82) is 0 Å². The number of nitrogens with one attached hydrogen (secondary N) is 1. The van der Waals surface area contributed by atoms with Crippen LogP contribution >= 0.6 is 28.1 Å². The Morgan fingerprint density at radius 3 is 2.94 bits per heavy atom. The molecule has 0 fully saturated rings. The summed E-state index contributed by atoms with van der Waals surface area (Å²) < 4.78 is 5.61. The van der Waals surface area contributed by atoms with Crippen LogP contribution in [-0.2, 0) is 0 Å². The zero-order valence-corrected chi connectivity index (χ0v) is 10.8. The molecule has 7 heteroatoms. The maximum atomic E-state index is 9.47. The van der Waals surface area contributed by atoms with Crippen molar-refractivity contribution in [1.82, 2.24) is 5.43 Å². The van der Waals surface area contributed by atoms with Crippen LogP contribution in [0.3, 0.4) is 0 Å². The summed E-state index contributed by atoms with van der Waals surface area (Å²) in [7, 11) is 1.47. The van der Waals surface area contributed by atoms with Gasteiger partial charge in [0.1, 0.15) is 0 Å². The first-order valence-corrected chi connectivity index (χ1v) is 5.40. The Kier molecular flexibility index (Phi) is 4.51. The fourth-order valence-corrected chi connectivity index (χ4v) is 1.67. The van der Waals surface area contributed by atoms with Gasteiger partial charge in [0, 0.05) is 5.56 Å². The third-order valence-electron chi connectivity index (χ3n) is 1.69. The van der Waals surface area contributed by atoms with E-state index in [1.54, 1.807) is 6.07 Å². The summed E-state index contributed by atoms with van der Waals surface area (Å²) >= 11 is 7.88. The molecule has 0 spiro atoms. The molecule has 0 saturated carbocycles. The van der Waals surface area contributed by atoms with E-state index in [-0.39, 0.29) is 10.9 Å². The second-order valence-electron chi connectivity index (χ2n) is 2.76. The van der Waals surface area contributed by atoms with Crippen LogP contribution in [0.4, 0.5) is 0 Å². The topological polar surface area (TPSA) is 79.9 Å².